The molecule has 0 amide bonds. The molecule has 0 fully saturated rings. The molecule has 1 atom stereocenters. The van der Waals surface area contributed by atoms with Crippen molar-refractivity contribution >= 4 is 16.1 Å². The Kier molecular flexibility index (Phi) is 4.07. The quantitative estimate of drug-likeness (QED) is 0.355. The maximum absolute atomic E-state index is 12.1. The number of aromatic hydroxyl groups is 2. The average molecular weight is 343 g/mol. The van der Waals surface area contributed by atoms with Gasteiger partial charge in [0, 0.05) is 6.07 Å². The Morgan fingerprint density at radius 1 is 1.22 bits per heavy atom. The highest BCUT2D eigenvalue weighted by molar-refractivity contribution is 7.86. The van der Waals surface area contributed by atoms with Crippen molar-refractivity contribution in [2.24, 2.45) is 0 Å². The molecule has 0 saturated heterocycles. The van der Waals surface area contributed by atoms with Crippen LogP contribution in [-0.4, -0.2) is 38.8 Å². The molecule has 0 aliphatic heterocycles. The van der Waals surface area contributed by atoms with E-state index >= 15 is 0 Å². The van der Waals surface area contributed by atoms with Crippen LogP contribution in [0, 0.1) is 0 Å². The van der Waals surface area contributed by atoms with Crippen LogP contribution in [0.2, 0.25) is 0 Å². The van der Waals surface area contributed by atoms with Gasteiger partial charge < -0.3 is 20.1 Å². The van der Waals surface area contributed by atoms with Crippen molar-refractivity contribution in [3.63, 3.8) is 0 Å². The van der Waals surface area contributed by atoms with Crippen molar-refractivity contribution in [2.75, 3.05) is 0 Å². The molecule has 1 aromatic heterocycles. The summed E-state index contributed by atoms with van der Waals surface area (Å²) in [6.45, 7) is 0.867. The van der Waals surface area contributed by atoms with Crippen LogP contribution in [0.15, 0.2) is 41.3 Å². The van der Waals surface area contributed by atoms with Crippen molar-refractivity contribution in [1.29, 1.82) is 0 Å². The van der Waals surface area contributed by atoms with Crippen molar-refractivity contribution < 1.29 is 37.8 Å². The number of aliphatic hydroxyl groups is 1. The number of nitrogens with zero attached hydrogens (tertiary/aromatic N) is 1. The number of esters is 1. The monoisotopic (exact) mass is 343 g/mol. The Bertz CT molecular complexity index is 838. The Morgan fingerprint density at radius 2 is 1.78 bits per heavy atom. The molecule has 0 saturated carbocycles. The number of aromatic nitrogens is 1. The van der Waals surface area contributed by atoms with Crippen LogP contribution in [0.4, 0.5) is 0 Å². The lowest BCUT2D eigenvalue weighted by Crippen LogP contribution is -2.41. The van der Waals surface area contributed by atoms with Crippen molar-refractivity contribution in [2.45, 2.75) is 17.5 Å². The molecule has 1 aromatic carbocycles. The second-order valence-corrected chi connectivity index (χ2v) is 6.11. The Balaban J connectivity index is 2.44. The van der Waals surface area contributed by atoms with Crippen LogP contribution in [0.3, 0.4) is 0 Å². The molecular formula is C13H13NO8S. The van der Waals surface area contributed by atoms with E-state index in [1.165, 1.54) is 12.1 Å². The molecule has 2 rings (SSSR count). The summed E-state index contributed by atoms with van der Waals surface area (Å²) in [5.41, 5.74) is -2.65. The van der Waals surface area contributed by atoms with E-state index in [-0.39, 0.29) is 10.3 Å². The predicted octanol–water partition coefficient (Wildman–Crippen LogP) is 0.417. The van der Waals surface area contributed by atoms with Crippen LogP contribution in [-0.2, 0) is 20.6 Å². The summed E-state index contributed by atoms with van der Waals surface area (Å²) < 4.78 is 36.2. The van der Waals surface area contributed by atoms with E-state index in [9.17, 15) is 28.5 Å². The molecule has 2 aromatic rings. The standard InChI is InChI=1S/C13H13NO8S/c1-13(18,12(17)22-8-5-3-2-4-6-8)14-10(15)7-9(11(14)16)23(19,20)21/h2-7,15-16,18H,1H3,(H,19,20,21). The van der Waals surface area contributed by atoms with Gasteiger partial charge in [-0.1, -0.05) is 18.2 Å². The number of carbonyl (C=O) groups excluding carboxylic acids is 1. The first-order valence-corrected chi connectivity index (χ1v) is 7.60. The fraction of sp³-hybridized carbons (Fsp3) is 0.154. The third kappa shape index (κ3) is 3.13. The van der Waals surface area contributed by atoms with Crippen LogP contribution in [0.1, 0.15) is 6.92 Å². The number of para-hydroxylation sites is 1. The Hall–Kier alpha value is -2.56. The second kappa shape index (κ2) is 5.57. The van der Waals surface area contributed by atoms with Crippen LogP contribution < -0.4 is 4.74 Å². The molecular weight excluding hydrogens is 330 g/mol. The molecule has 1 heterocycles. The zero-order valence-corrected chi connectivity index (χ0v) is 12.6. The van der Waals surface area contributed by atoms with E-state index in [0.717, 1.165) is 6.92 Å². The van der Waals surface area contributed by atoms with Crippen LogP contribution >= 0.6 is 0 Å². The average Bonchev–Trinajstić information content (AvgIpc) is 2.75. The number of rotatable bonds is 4. The van der Waals surface area contributed by atoms with Crippen molar-refractivity contribution in [1.82, 2.24) is 4.57 Å². The van der Waals surface area contributed by atoms with Gasteiger partial charge in [-0.3, -0.25) is 4.55 Å². The zero-order chi connectivity index (χ0) is 17.4. The smallest absolute Gasteiger partial charge is 0.365 e. The van der Waals surface area contributed by atoms with E-state index in [2.05, 4.69) is 0 Å². The third-order valence-electron chi connectivity index (χ3n) is 2.98. The first-order chi connectivity index (χ1) is 10.5. The van der Waals surface area contributed by atoms with Gasteiger partial charge in [-0.05, 0) is 19.1 Å². The van der Waals surface area contributed by atoms with Gasteiger partial charge in [-0.2, -0.15) is 8.42 Å². The summed E-state index contributed by atoms with van der Waals surface area (Å²) >= 11 is 0. The van der Waals surface area contributed by atoms with Gasteiger partial charge >= 0.3 is 5.97 Å². The van der Waals surface area contributed by atoms with Gasteiger partial charge in [0.1, 0.15) is 5.75 Å². The van der Waals surface area contributed by atoms with Gasteiger partial charge in [0.15, 0.2) is 10.8 Å². The van der Waals surface area contributed by atoms with Gasteiger partial charge in [0.2, 0.25) is 11.6 Å². The van der Waals surface area contributed by atoms with E-state index in [1.54, 1.807) is 18.2 Å². The van der Waals surface area contributed by atoms with Crippen molar-refractivity contribution in [3.05, 3.63) is 36.4 Å². The predicted molar refractivity (Wildman–Crippen MR) is 75.5 cm³/mol. The van der Waals surface area contributed by atoms with Crippen LogP contribution in [0.5, 0.6) is 17.5 Å². The normalized spacial score (nSPS) is 14.2. The lowest BCUT2D eigenvalue weighted by atomic mass is 10.2. The largest absolute Gasteiger partial charge is 0.494 e. The van der Waals surface area contributed by atoms with E-state index < -0.39 is 38.5 Å². The number of ether oxygens (including phenoxy) is 1. The highest BCUT2D eigenvalue weighted by Crippen LogP contribution is 2.36. The van der Waals surface area contributed by atoms with Gasteiger partial charge in [0.25, 0.3) is 10.1 Å². The minimum atomic E-state index is -4.87. The molecule has 0 aliphatic rings. The van der Waals surface area contributed by atoms with Crippen molar-refractivity contribution in [3.8, 4) is 17.5 Å². The summed E-state index contributed by atoms with van der Waals surface area (Å²) in [5, 5.41) is 29.7. The number of carbonyl (C=O) groups is 1. The molecule has 1 unspecified atom stereocenters. The second-order valence-electron chi connectivity index (χ2n) is 4.72. The topological polar surface area (TPSA) is 146 Å². The summed E-state index contributed by atoms with van der Waals surface area (Å²) in [6.07, 6.45) is 0. The SMILES string of the molecule is CC(O)(C(=O)Oc1ccccc1)n1c(O)cc(S(=O)(=O)O)c1O. The summed E-state index contributed by atoms with van der Waals surface area (Å²) in [7, 11) is -4.87. The molecule has 10 heteroatoms. The first kappa shape index (κ1) is 16.8. The van der Waals surface area contributed by atoms with E-state index in [4.69, 9.17) is 9.29 Å². The van der Waals surface area contributed by atoms with Gasteiger partial charge in [-0.15, -0.1) is 0 Å². The first-order valence-electron chi connectivity index (χ1n) is 6.16. The molecule has 0 radical (unpaired) electrons. The maximum Gasteiger partial charge on any atom is 0.365 e. The molecule has 23 heavy (non-hydrogen) atoms. The van der Waals surface area contributed by atoms with E-state index in [0.29, 0.717) is 6.07 Å². The third-order valence-corrected chi connectivity index (χ3v) is 3.83. The van der Waals surface area contributed by atoms with Gasteiger partial charge in [0.05, 0.1) is 0 Å². The number of benzene rings is 1. The minimum absolute atomic E-state index is 0.0823. The summed E-state index contributed by atoms with van der Waals surface area (Å²) in [6, 6.07) is 8.13. The van der Waals surface area contributed by atoms with Gasteiger partial charge in [-0.25, -0.2) is 9.36 Å². The highest BCUT2D eigenvalue weighted by Gasteiger charge is 2.41. The minimum Gasteiger partial charge on any atom is -0.494 e. The molecule has 4 N–H and O–H groups in total. The summed E-state index contributed by atoms with van der Waals surface area (Å²) in [5.74, 6) is -3.41. The molecule has 0 aliphatic carbocycles. The molecule has 9 nitrogen and oxygen atoms in total. The fourth-order valence-corrected chi connectivity index (χ4v) is 2.44. The number of hydrogen-bond acceptors (Lipinski definition) is 7. The van der Waals surface area contributed by atoms with Crippen LogP contribution in [0.25, 0.3) is 0 Å². The lowest BCUT2D eigenvalue weighted by Gasteiger charge is -2.24. The highest BCUT2D eigenvalue weighted by atomic mass is 32.2. The Morgan fingerprint density at radius 3 is 2.26 bits per heavy atom. The maximum atomic E-state index is 12.1. The zero-order valence-electron chi connectivity index (χ0n) is 11.7. The molecule has 0 bridgehead atoms. The van der Waals surface area contributed by atoms with E-state index in [1.807, 2.05) is 0 Å². The number of hydrogen-bond donors (Lipinski definition) is 4. The molecule has 124 valence electrons. The summed E-state index contributed by atoms with van der Waals surface area (Å²) in [4.78, 5) is 11.0. The molecule has 0 spiro atoms. The Labute approximate surface area is 130 Å². The lowest BCUT2D eigenvalue weighted by molar-refractivity contribution is -0.165. The fourth-order valence-electron chi connectivity index (χ4n) is 1.87.